The number of sulfone groups is 1. The molecule has 16 heteroatoms. The molecule has 194 valence electrons. The number of halogens is 8. The summed E-state index contributed by atoms with van der Waals surface area (Å²) in [4.78, 5) is 2.49. The van der Waals surface area contributed by atoms with Gasteiger partial charge in [-0.1, -0.05) is 15.9 Å². The Balaban J connectivity index is 2.06. The SMILES string of the molecule is O=S(=O)(NC1CCC(c2cc(Br)ccc2F)(S(=O)(=O)c2ccc(C(F)(F)F)nc2)CC1)C(F)(F)F. The van der Waals surface area contributed by atoms with Gasteiger partial charge < -0.3 is 0 Å². The molecule has 0 saturated heterocycles. The summed E-state index contributed by atoms with van der Waals surface area (Å²) in [6, 6.07) is 3.21. The number of nitrogens with one attached hydrogen (secondary N) is 1. The normalized spacial score (nSPS) is 22.2. The van der Waals surface area contributed by atoms with Crippen molar-refractivity contribution in [2.45, 2.75) is 53.1 Å². The number of hydrogen-bond acceptors (Lipinski definition) is 5. The lowest BCUT2D eigenvalue weighted by atomic mass is 9.81. The van der Waals surface area contributed by atoms with E-state index >= 15 is 0 Å². The second kappa shape index (κ2) is 9.27. The smallest absolute Gasteiger partial charge is 0.250 e. The number of nitrogens with zero attached hydrogens (tertiary/aromatic N) is 1. The Morgan fingerprint density at radius 2 is 1.57 bits per heavy atom. The Morgan fingerprint density at radius 3 is 2.06 bits per heavy atom. The molecule has 1 N–H and O–H groups in total. The van der Waals surface area contributed by atoms with Crippen molar-refractivity contribution in [2.75, 3.05) is 0 Å². The molecule has 6 nitrogen and oxygen atoms in total. The Bertz CT molecular complexity index is 1300. The zero-order valence-corrected chi connectivity index (χ0v) is 20.5. The Hall–Kier alpha value is -1.78. The van der Waals surface area contributed by atoms with Gasteiger partial charge in [0.25, 0.3) is 0 Å². The van der Waals surface area contributed by atoms with E-state index in [4.69, 9.17) is 0 Å². The third-order valence-electron chi connectivity index (χ3n) is 5.69. The molecule has 0 spiro atoms. The minimum absolute atomic E-state index is 0.272. The number of pyridine rings is 1. The highest BCUT2D eigenvalue weighted by molar-refractivity contribution is 9.10. The zero-order valence-electron chi connectivity index (χ0n) is 17.3. The first-order chi connectivity index (χ1) is 15.9. The molecule has 1 aromatic heterocycles. The Kier molecular flexibility index (Phi) is 7.36. The van der Waals surface area contributed by atoms with Crippen LogP contribution in [0.1, 0.15) is 36.9 Å². The summed E-state index contributed by atoms with van der Waals surface area (Å²) >= 11 is 3.10. The summed E-state index contributed by atoms with van der Waals surface area (Å²) < 4.78 is 142. The maximum atomic E-state index is 14.9. The molecule has 0 aliphatic heterocycles. The summed E-state index contributed by atoms with van der Waals surface area (Å²) in [5.41, 5.74) is -7.30. The second-order valence-electron chi connectivity index (χ2n) is 7.84. The molecule has 0 bridgehead atoms. The van der Waals surface area contributed by atoms with Crippen LogP contribution in [0.4, 0.5) is 30.7 Å². The lowest BCUT2D eigenvalue weighted by Crippen LogP contribution is -2.48. The molecule has 1 heterocycles. The van der Waals surface area contributed by atoms with Crippen molar-refractivity contribution in [3.63, 3.8) is 0 Å². The molecule has 1 aromatic carbocycles. The van der Waals surface area contributed by atoms with Crippen LogP contribution in [-0.2, 0) is 30.8 Å². The fourth-order valence-corrected chi connectivity index (χ4v) is 7.23. The van der Waals surface area contributed by atoms with Crippen LogP contribution in [0, 0.1) is 5.82 Å². The van der Waals surface area contributed by atoms with Crippen LogP contribution < -0.4 is 4.72 Å². The maximum Gasteiger partial charge on any atom is 0.511 e. The Morgan fingerprint density at radius 1 is 0.971 bits per heavy atom. The van der Waals surface area contributed by atoms with Crippen molar-refractivity contribution in [1.82, 2.24) is 9.71 Å². The van der Waals surface area contributed by atoms with Gasteiger partial charge in [-0.25, -0.2) is 25.9 Å². The van der Waals surface area contributed by atoms with Gasteiger partial charge in [0.2, 0.25) is 0 Å². The molecule has 1 fully saturated rings. The standard InChI is InChI=1S/C19H16BrF7N2O4S2/c20-11-1-3-15(21)14(9-11)17(7-5-12(6-8-17)29-35(32,33)19(25,26)27)34(30,31)13-2-4-16(28-10-13)18(22,23)24/h1-4,9-10,12,29H,5-8H2. The maximum absolute atomic E-state index is 14.9. The first kappa shape index (κ1) is 27.8. The van der Waals surface area contributed by atoms with E-state index in [1.807, 2.05) is 0 Å². The molecule has 0 unspecified atom stereocenters. The predicted octanol–water partition coefficient (Wildman–Crippen LogP) is 5.05. The highest BCUT2D eigenvalue weighted by Crippen LogP contribution is 2.48. The van der Waals surface area contributed by atoms with Crippen LogP contribution >= 0.6 is 15.9 Å². The monoisotopic (exact) mass is 612 g/mol. The van der Waals surface area contributed by atoms with E-state index in [0.717, 1.165) is 12.1 Å². The van der Waals surface area contributed by atoms with E-state index in [0.29, 0.717) is 18.3 Å². The van der Waals surface area contributed by atoms with Crippen LogP contribution in [0.3, 0.4) is 0 Å². The van der Waals surface area contributed by atoms with Gasteiger partial charge >= 0.3 is 21.7 Å². The molecule has 0 atom stereocenters. The van der Waals surface area contributed by atoms with Gasteiger partial charge in [0.1, 0.15) is 16.3 Å². The lowest BCUT2D eigenvalue weighted by molar-refractivity contribution is -0.141. The molecule has 2 aromatic rings. The average molecular weight is 613 g/mol. The van der Waals surface area contributed by atoms with Gasteiger partial charge in [0.15, 0.2) is 9.84 Å². The van der Waals surface area contributed by atoms with Gasteiger partial charge in [-0.05, 0) is 56.0 Å². The highest BCUT2D eigenvalue weighted by atomic mass is 79.9. The first-order valence-electron chi connectivity index (χ1n) is 9.73. The number of aromatic nitrogens is 1. The molecule has 3 rings (SSSR count). The van der Waals surface area contributed by atoms with Crippen molar-refractivity contribution in [1.29, 1.82) is 0 Å². The van der Waals surface area contributed by atoms with Crippen molar-refractivity contribution in [2.24, 2.45) is 0 Å². The number of benzene rings is 1. The van der Waals surface area contributed by atoms with Gasteiger partial charge in [-0.2, -0.15) is 26.3 Å². The fourth-order valence-electron chi connectivity index (χ4n) is 3.95. The molecule has 1 saturated carbocycles. The van der Waals surface area contributed by atoms with E-state index in [1.165, 1.54) is 10.8 Å². The van der Waals surface area contributed by atoms with Crippen molar-refractivity contribution >= 4 is 35.8 Å². The van der Waals surface area contributed by atoms with Gasteiger partial charge in [0, 0.05) is 22.3 Å². The number of hydrogen-bond donors (Lipinski definition) is 1. The van der Waals surface area contributed by atoms with E-state index < -0.39 is 84.4 Å². The van der Waals surface area contributed by atoms with Crippen LogP contribution in [-0.4, -0.2) is 33.4 Å². The van der Waals surface area contributed by atoms with Crippen LogP contribution in [0.2, 0.25) is 0 Å². The van der Waals surface area contributed by atoms with Crippen molar-refractivity contribution < 1.29 is 47.6 Å². The summed E-state index contributed by atoms with van der Waals surface area (Å²) in [7, 11) is -10.4. The van der Waals surface area contributed by atoms with Gasteiger partial charge in [0.05, 0.1) is 4.90 Å². The van der Waals surface area contributed by atoms with Gasteiger partial charge in [-0.3, -0.25) is 4.98 Å². The number of alkyl halides is 6. The summed E-state index contributed by atoms with van der Waals surface area (Å²) in [6.45, 7) is 0. The zero-order chi connectivity index (χ0) is 26.4. The molecular weight excluding hydrogens is 597 g/mol. The highest BCUT2D eigenvalue weighted by Gasteiger charge is 2.52. The molecule has 1 aliphatic carbocycles. The second-order valence-corrected chi connectivity index (χ2v) is 12.7. The van der Waals surface area contributed by atoms with Crippen LogP contribution in [0.15, 0.2) is 45.9 Å². The summed E-state index contributed by atoms with van der Waals surface area (Å²) in [5.74, 6) is -0.967. The molecule has 0 radical (unpaired) electrons. The average Bonchev–Trinajstić information content (AvgIpc) is 2.74. The lowest BCUT2D eigenvalue weighted by Gasteiger charge is -2.40. The topological polar surface area (TPSA) is 93.2 Å². The minimum Gasteiger partial charge on any atom is -0.250 e. The third kappa shape index (κ3) is 5.34. The van der Waals surface area contributed by atoms with Crippen molar-refractivity contribution in [3.8, 4) is 0 Å². The number of sulfonamides is 1. The quantitative estimate of drug-likeness (QED) is 0.477. The van der Waals surface area contributed by atoms with Crippen LogP contribution in [0.5, 0.6) is 0 Å². The summed E-state index contributed by atoms with van der Waals surface area (Å²) in [5, 5.41) is 0. The van der Waals surface area contributed by atoms with Crippen LogP contribution in [0.25, 0.3) is 0 Å². The first-order valence-corrected chi connectivity index (χ1v) is 13.5. The van der Waals surface area contributed by atoms with E-state index in [9.17, 15) is 47.6 Å². The molecule has 35 heavy (non-hydrogen) atoms. The third-order valence-corrected chi connectivity index (χ3v) is 9.96. The van der Waals surface area contributed by atoms with Crippen molar-refractivity contribution in [3.05, 3.63) is 58.1 Å². The predicted molar refractivity (Wildman–Crippen MR) is 113 cm³/mol. The Labute approximate surface area is 204 Å². The fraction of sp³-hybridized carbons (Fsp3) is 0.421. The molecule has 1 aliphatic rings. The van der Waals surface area contributed by atoms with Gasteiger partial charge in [-0.15, -0.1) is 0 Å². The molecule has 0 amide bonds. The summed E-state index contributed by atoms with van der Waals surface area (Å²) in [6.07, 6.45) is -6.25. The largest absolute Gasteiger partial charge is 0.511 e. The van der Waals surface area contributed by atoms with E-state index in [-0.39, 0.29) is 10.0 Å². The van der Waals surface area contributed by atoms with E-state index in [1.54, 1.807) is 0 Å². The van der Waals surface area contributed by atoms with E-state index in [2.05, 4.69) is 20.9 Å². The molecular formula is C19H16BrF7N2O4S2. The number of rotatable bonds is 5. The minimum atomic E-state index is -5.72.